The molecule has 1 saturated carbocycles. The zero-order valence-corrected chi connectivity index (χ0v) is 16.1. The van der Waals surface area contributed by atoms with Crippen molar-refractivity contribution in [3.63, 3.8) is 0 Å². The number of fused-ring (bicyclic) bond motifs is 1. The minimum absolute atomic E-state index is 0.0609. The van der Waals surface area contributed by atoms with Crippen LogP contribution in [0, 0.1) is 6.92 Å². The zero-order valence-electron chi connectivity index (χ0n) is 16.1. The van der Waals surface area contributed by atoms with E-state index in [2.05, 4.69) is 41.9 Å². The predicted molar refractivity (Wildman–Crippen MR) is 109 cm³/mol. The second kappa shape index (κ2) is 6.98. The molecule has 2 fully saturated rings. The van der Waals surface area contributed by atoms with Crippen LogP contribution in [-0.4, -0.2) is 51.0 Å². The topological polar surface area (TPSA) is 78.0 Å². The fourth-order valence-electron chi connectivity index (χ4n) is 3.82. The van der Waals surface area contributed by atoms with E-state index in [9.17, 15) is 4.79 Å². The molecule has 0 atom stereocenters. The molecule has 3 aromatic rings. The molecule has 2 aliphatic rings. The first-order valence-corrected chi connectivity index (χ1v) is 9.94. The Morgan fingerprint density at radius 3 is 2.64 bits per heavy atom. The normalized spacial score (nSPS) is 18.0. The molecular formula is C21H24N6O. The van der Waals surface area contributed by atoms with Gasteiger partial charge in [-0.15, -0.1) is 0 Å². The Morgan fingerprint density at radius 2 is 1.93 bits per heavy atom. The minimum Gasteiger partial charge on any atom is -0.368 e. The van der Waals surface area contributed by atoms with E-state index in [1.165, 1.54) is 5.69 Å². The van der Waals surface area contributed by atoms with Gasteiger partial charge in [-0.05, 0) is 43.5 Å². The fourth-order valence-corrected chi connectivity index (χ4v) is 3.82. The number of aromatic amines is 1. The zero-order chi connectivity index (χ0) is 19.1. The quantitative estimate of drug-likeness (QED) is 0.752. The number of hydrogen-bond acceptors (Lipinski definition) is 6. The van der Waals surface area contributed by atoms with Crippen LogP contribution in [0.1, 0.15) is 35.7 Å². The first kappa shape index (κ1) is 17.3. The fraction of sp³-hybridized carbons (Fsp3) is 0.429. The van der Waals surface area contributed by atoms with Gasteiger partial charge in [0.25, 0.3) is 5.56 Å². The molecule has 4 heterocycles. The number of hydrogen-bond donors (Lipinski definition) is 1. The maximum atomic E-state index is 12.2. The van der Waals surface area contributed by atoms with Crippen LogP contribution in [0.3, 0.4) is 0 Å². The van der Waals surface area contributed by atoms with Crippen molar-refractivity contribution in [1.82, 2.24) is 24.8 Å². The van der Waals surface area contributed by atoms with Crippen molar-refractivity contribution in [2.75, 3.05) is 31.1 Å². The van der Waals surface area contributed by atoms with Crippen molar-refractivity contribution in [3.8, 4) is 0 Å². The molecule has 28 heavy (non-hydrogen) atoms. The van der Waals surface area contributed by atoms with Gasteiger partial charge >= 0.3 is 0 Å². The summed E-state index contributed by atoms with van der Waals surface area (Å²) in [6, 6.07) is 6.22. The number of anilines is 1. The van der Waals surface area contributed by atoms with E-state index in [-0.39, 0.29) is 5.56 Å². The number of rotatable bonds is 4. The van der Waals surface area contributed by atoms with Crippen LogP contribution in [0.2, 0.25) is 0 Å². The molecule has 0 unspecified atom stereocenters. The molecule has 0 spiro atoms. The third-order valence-corrected chi connectivity index (χ3v) is 5.63. The summed E-state index contributed by atoms with van der Waals surface area (Å²) in [7, 11) is 0. The lowest BCUT2D eigenvalue weighted by Gasteiger charge is -2.36. The van der Waals surface area contributed by atoms with Crippen LogP contribution >= 0.6 is 0 Å². The van der Waals surface area contributed by atoms with Crippen molar-refractivity contribution >= 4 is 16.9 Å². The Hall–Kier alpha value is -2.80. The van der Waals surface area contributed by atoms with E-state index >= 15 is 0 Å². The monoisotopic (exact) mass is 376 g/mol. The number of piperazine rings is 1. The Kier molecular flexibility index (Phi) is 4.31. The minimum atomic E-state index is -0.0609. The van der Waals surface area contributed by atoms with E-state index in [0.29, 0.717) is 17.3 Å². The molecule has 1 saturated heterocycles. The molecule has 1 N–H and O–H groups in total. The van der Waals surface area contributed by atoms with Crippen molar-refractivity contribution in [2.45, 2.75) is 32.2 Å². The van der Waals surface area contributed by atoms with E-state index in [1.54, 1.807) is 0 Å². The molecule has 1 aliphatic heterocycles. The van der Waals surface area contributed by atoms with Crippen molar-refractivity contribution in [2.24, 2.45) is 0 Å². The molecule has 3 aromatic heterocycles. The summed E-state index contributed by atoms with van der Waals surface area (Å²) in [5.41, 5.74) is 5.30. The highest BCUT2D eigenvalue weighted by molar-refractivity contribution is 5.70. The maximum Gasteiger partial charge on any atom is 0.270 e. The average Bonchev–Trinajstić information content (AvgIpc) is 3.54. The molecule has 144 valence electrons. The summed E-state index contributed by atoms with van der Waals surface area (Å²) in [4.78, 5) is 33.4. The lowest BCUT2D eigenvalue weighted by atomic mass is 10.2. The van der Waals surface area contributed by atoms with Crippen LogP contribution in [0.4, 0.5) is 5.69 Å². The largest absolute Gasteiger partial charge is 0.368 e. The third-order valence-electron chi connectivity index (χ3n) is 5.63. The molecule has 0 bridgehead atoms. The van der Waals surface area contributed by atoms with Crippen LogP contribution in [0.15, 0.2) is 35.4 Å². The highest BCUT2D eigenvalue weighted by Crippen LogP contribution is 2.37. The van der Waals surface area contributed by atoms with E-state index in [0.717, 1.165) is 62.3 Å². The van der Waals surface area contributed by atoms with Gasteiger partial charge in [-0.3, -0.25) is 14.7 Å². The molecule has 7 heteroatoms. The summed E-state index contributed by atoms with van der Waals surface area (Å²) in [6.45, 7) is 6.77. The van der Waals surface area contributed by atoms with Gasteiger partial charge in [-0.25, -0.2) is 9.97 Å². The summed E-state index contributed by atoms with van der Waals surface area (Å²) < 4.78 is 0. The molecular weight excluding hydrogens is 352 g/mol. The Bertz CT molecular complexity index is 1050. The number of nitrogens with one attached hydrogen (secondary N) is 1. The SMILES string of the molecule is Cc1ccc(N2CCN(Cc3cnc4nc(C5CC5)c(=O)[nH]c4c3)CC2)cn1. The molecule has 0 aromatic carbocycles. The second-order valence-electron chi connectivity index (χ2n) is 7.86. The number of nitrogens with zero attached hydrogens (tertiary/aromatic N) is 5. The van der Waals surface area contributed by atoms with Gasteiger partial charge in [0, 0.05) is 50.5 Å². The van der Waals surface area contributed by atoms with Crippen LogP contribution in [-0.2, 0) is 6.54 Å². The third kappa shape index (κ3) is 3.49. The number of aromatic nitrogens is 4. The first-order valence-electron chi connectivity index (χ1n) is 9.94. The highest BCUT2D eigenvalue weighted by Gasteiger charge is 2.28. The number of H-pyrrole nitrogens is 1. The van der Waals surface area contributed by atoms with Crippen LogP contribution in [0.5, 0.6) is 0 Å². The molecule has 0 radical (unpaired) electrons. The first-order chi connectivity index (χ1) is 13.7. The van der Waals surface area contributed by atoms with Gasteiger partial charge in [0.05, 0.1) is 17.4 Å². The van der Waals surface area contributed by atoms with Crippen molar-refractivity contribution < 1.29 is 0 Å². The summed E-state index contributed by atoms with van der Waals surface area (Å²) in [5.74, 6) is 0.328. The Labute approximate surface area is 163 Å². The molecule has 0 amide bonds. The van der Waals surface area contributed by atoms with Crippen LogP contribution < -0.4 is 10.5 Å². The van der Waals surface area contributed by atoms with E-state index in [1.807, 2.05) is 25.4 Å². The summed E-state index contributed by atoms with van der Waals surface area (Å²) in [5, 5.41) is 0. The second-order valence-corrected chi connectivity index (χ2v) is 7.86. The lowest BCUT2D eigenvalue weighted by molar-refractivity contribution is 0.249. The smallest absolute Gasteiger partial charge is 0.270 e. The van der Waals surface area contributed by atoms with Gasteiger partial charge in [0.2, 0.25) is 0 Å². The molecule has 1 aliphatic carbocycles. The van der Waals surface area contributed by atoms with Crippen LogP contribution in [0.25, 0.3) is 11.2 Å². The Morgan fingerprint density at radius 1 is 1.11 bits per heavy atom. The maximum absolute atomic E-state index is 12.2. The average molecular weight is 376 g/mol. The van der Waals surface area contributed by atoms with E-state index < -0.39 is 0 Å². The van der Waals surface area contributed by atoms with Gasteiger partial charge in [-0.2, -0.15) is 0 Å². The number of pyridine rings is 2. The van der Waals surface area contributed by atoms with Gasteiger partial charge in [0.15, 0.2) is 5.65 Å². The summed E-state index contributed by atoms with van der Waals surface area (Å²) in [6.07, 6.45) is 5.96. The standard InChI is InChI=1S/C21H24N6O/c1-14-2-5-17(12-22-14)27-8-6-26(7-9-27)13-15-10-18-20(23-11-15)25-19(16-3-4-16)21(28)24-18/h2,5,10-12,16H,3-4,6-9,13H2,1H3,(H,24,28). The van der Waals surface area contributed by atoms with E-state index in [4.69, 9.17) is 0 Å². The van der Waals surface area contributed by atoms with Gasteiger partial charge in [0.1, 0.15) is 5.69 Å². The van der Waals surface area contributed by atoms with Gasteiger partial charge < -0.3 is 9.88 Å². The predicted octanol–water partition coefficient (Wildman–Crippen LogP) is 2.22. The Balaban J connectivity index is 1.26. The number of aryl methyl sites for hydroxylation is 1. The van der Waals surface area contributed by atoms with Crippen molar-refractivity contribution in [3.05, 3.63) is 57.9 Å². The summed E-state index contributed by atoms with van der Waals surface area (Å²) >= 11 is 0. The molecule has 5 rings (SSSR count). The molecule has 7 nitrogen and oxygen atoms in total. The van der Waals surface area contributed by atoms with Gasteiger partial charge in [-0.1, -0.05) is 0 Å². The lowest BCUT2D eigenvalue weighted by Crippen LogP contribution is -2.46. The highest BCUT2D eigenvalue weighted by atomic mass is 16.1. The van der Waals surface area contributed by atoms with Crippen molar-refractivity contribution in [1.29, 1.82) is 0 Å².